The number of rotatable bonds is 4. The van der Waals surface area contributed by atoms with E-state index in [1.54, 1.807) is 0 Å². The summed E-state index contributed by atoms with van der Waals surface area (Å²) in [5.74, 6) is 7.17. The summed E-state index contributed by atoms with van der Waals surface area (Å²) in [6.07, 6.45) is 5.11. The second-order valence-corrected chi connectivity index (χ2v) is 5.22. The maximum absolute atomic E-state index is 5.40. The van der Waals surface area contributed by atoms with Crippen LogP contribution in [0.4, 0.5) is 11.6 Å². The van der Waals surface area contributed by atoms with Gasteiger partial charge in [-0.3, -0.25) is 0 Å². The lowest BCUT2D eigenvalue weighted by Gasteiger charge is -2.41. The number of nitrogen functional groups attached to an aromatic ring is 1. The number of hydrazine groups is 1. The Hall–Kier alpha value is -1.29. The Bertz CT molecular complexity index is 377. The van der Waals surface area contributed by atoms with Crippen molar-refractivity contribution >= 4 is 11.6 Å². The monoisotopic (exact) mass is 248 g/mol. The Labute approximate surface area is 110 Å². The number of hydrogen-bond donors (Lipinski definition) is 2. The van der Waals surface area contributed by atoms with Gasteiger partial charge < -0.3 is 10.3 Å². The molecule has 0 saturated carbocycles. The van der Waals surface area contributed by atoms with Gasteiger partial charge in [-0.15, -0.1) is 0 Å². The van der Waals surface area contributed by atoms with Gasteiger partial charge in [0.25, 0.3) is 0 Å². The third kappa shape index (κ3) is 2.58. The van der Waals surface area contributed by atoms with Gasteiger partial charge in [0.1, 0.15) is 11.6 Å². The van der Waals surface area contributed by atoms with Crippen molar-refractivity contribution in [2.24, 2.45) is 11.3 Å². The molecule has 0 radical (unpaired) electrons. The zero-order valence-corrected chi connectivity index (χ0v) is 11.4. The van der Waals surface area contributed by atoms with Crippen LogP contribution in [0.1, 0.15) is 39.5 Å². The molecule has 18 heavy (non-hydrogen) atoms. The summed E-state index contributed by atoms with van der Waals surface area (Å²) in [6, 6.07) is 5.95. The minimum atomic E-state index is 0.556. The molecule has 1 saturated heterocycles. The van der Waals surface area contributed by atoms with Gasteiger partial charge in [0.2, 0.25) is 0 Å². The molecule has 2 heterocycles. The van der Waals surface area contributed by atoms with Gasteiger partial charge in [-0.1, -0.05) is 32.8 Å². The first kappa shape index (κ1) is 13.1. The summed E-state index contributed by atoms with van der Waals surface area (Å²) in [4.78, 5) is 6.87. The maximum atomic E-state index is 5.40. The molecule has 1 aliphatic heterocycles. The van der Waals surface area contributed by atoms with Crippen LogP contribution < -0.4 is 16.2 Å². The molecular formula is C14H24N4. The Morgan fingerprint density at radius 3 is 2.50 bits per heavy atom. The zero-order chi connectivity index (χ0) is 13.0. The van der Waals surface area contributed by atoms with Gasteiger partial charge in [0.05, 0.1) is 0 Å². The Kier molecular flexibility index (Phi) is 4.07. The fraction of sp³-hybridized carbons (Fsp3) is 0.643. The standard InChI is InChI=1S/C14H24N4/c1-3-14(4-2)8-10-18(11-9-14)13-7-5-6-12(16-13)17-15/h5-7H,3-4,8-11,15H2,1-2H3,(H,16,17). The van der Waals surface area contributed by atoms with Crippen molar-refractivity contribution in [3.8, 4) is 0 Å². The molecule has 4 heteroatoms. The first-order valence-electron chi connectivity index (χ1n) is 6.91. The number of pyridine rings is 1. The number of hydrogen-bond acceptors (Lipinski definition) is 4. The van der Waals surface area contributed by atoms with Crippen molar-refractivity contribution < 1.29 is 0 Å². The fourth-order valence-corrected chi connectivity index (χ4v) is 2.85. The zero-order valence-electron chi connectivity index (χ0n) is 11.4. The van der Waals surface area contributed by atoms with Crippen molar-refractivity contribution in [2.75, 3.05) is 23.4 Å². The van der Waals surface area contributed by atoms with Crippen molar-refractivity contribution in [3.05, 3.63) is 18.2 Å². The number of nitrogens with zero attached hydrogens (tertiary/aromatic N) is 2. The smallest absolute Gasteiger partial charge is 0.142 e. The summed E-state index contributed by atoms with van der Waals surface area (Å²) >= 11 is 0. The van der Waals surface area contributed by atoms with Gasteiger partial charge >= 0.3 is 0 Å². The summed E-state index contributed by atoms with van der Waals surface area (Å²) < 4.78 is 0. The van der Waals surface area contributed by atoms with E-state index in [9.17, 15) is 0 Å². The normalized spacial score (nSPS) is 18.7. The number of piperidine rings is 1. The minimum Gasteiger partial charge on any atom is -0.357 e. The second kappa shape index (κ2) is 5.57. The third-order valence-electron chi connectivity index (χ3n) is 4.53. The van der Waals surface area contributed by atoms with Crippen molar-refractivity contribution in [3.63, 3.8) is 0 Å². The van der Waals surface area contributed by atoms with Crippen LogP contribution in [-0.4, -0.2) is 18.1 Å². The van der Waals surface area contributed by atoms with Crippen LogP contribution in [0.5, 0.6) is 0 Å². The van der Waals surface area contributed by atoms with Crippen LogP contribution in [0.2, 0.25) is 0 Å². The highest BCUT2D eigenvalue weighted by atomic mass is 15.3. The quantitative estimate of drug-likeness (QED) is 0.635. The summed E-state index contributed by atoms with van der Waals surface area (Å²) in [5, 5.41) is 0. The van der Waals surface area contributed by atoms with E-state index < -0.39 is 0 Å². The fourth-order valence-electron chi connectivity index (χ4n) is 2.85. The Morgan fingerprint density at radius 2 is 1.94 bits per heavy atom. The molecule has 0 aliphatic carbocycles. The van der Waals surface area contributed by atoms with Crippen molar-refractivity contribution in [2.45, 2.75) is 39.5 Å². The molecule has 1 aromatic rings. The highest BCUT2D eigenvalue weighted by molar-refractivity contribution is 5.46. The molecule has 0 bridgehead atoms. The molecule has 0 spiro atoms. The molecule has 2 rings (SSSR count). The van der Waals surface area contributed by atoms with Crippen LogP contribution in [0, 0.1) is 5.41 Å². The number of nitrogens with one attached hydrogen (secondary N) is 1. The predicted octanol–water partition coefficient (Wildman–Crippen LogP) is 2.77. The molecule has 4 nitrogen and oxygen atoms in total. The van der Waals surface area contributed by atoms with Gasteiger partial charge in [0, 0.05) is 13.1 Å². The van der Waals surface area contributed by atoms with E-state index in [0.717, 1.165) is 24.7 Å². The van der Waals surface area contributed by atoms with E-state index in [4.69, 9.17) is 5.84 Å². The molecule has 3 N–H and O–H groups in total. The van der Waals surface area contributed by atoms with Crippen LogP contribution >= 0.6 is 0 Å². The number of anilines is 2. The molecule has 0 amide bonds. The first-order chi connectivity index (χ1) is 8.73. The van der Waals surface area contributed by atoms with Crippen molar-refractivity contribution in [1.82, 2.24) is 4.98 Å². The summed E-state index contributed by atoms with van der Waals surface area (Å²) in [7, 11) is 0. The lowest BCUT2D eigenvalue weighted by atomic mass is 9.74. The highest BCUT2D eigenvalue weighted by Gasteiger charge is 2.31. The van der Waals surface area contributed by atoms with Gasteiger partial charge in [0.15, 0.2) is 0 Å². The Morgan fingerprint density at radius 1 is 1.28 bits per heavy atom. The molecule has 100 valence electrons. The van der Waals surface area contributed by atoms with E-state index >= 15 is 0 Å². The minimum absolute atomic E-state index is 0.556. The lowest BCUT2D eigenvalue weighted by Crippen LogP contribution is -2.40. The highest BCUT2D eigenvalue weighted by Crippen LogP contribution is 2.38. The van der Waals surface area contributed by atoms with Crippen LogP contribution in [0.25, 0.3) is 0 Å². The molecule has 1 aliphatic rings. The molecule has 1 aromatic heterocycles. The maximum Gasteiger partial charge on any atom is 0.142 e. The van der Waals surface area contributed by atoms with E-state index in [1.807, 2.05) is 12.1 Å². The number of nitrogens with two attached hydrogens (primary N) is 1. The third-order valence-corrected chi connectivity index (χ3v) is 4.53. The average molecular weight is 248 g/mol. The summed E-state index contributed by atoms with van der Waals surface area (Å²) in [5.41, 5.74) is 3.16. The van der Waals surface area contributed by atoms with E-state index in [0.29, 0.717) is 5.41 Å². The van der Waals surface area contributed by atoms with E-state index in [1.165, 1.54) is 25.7 Å². The lowest BCUT2D eigenvalue weighted by molar-refractivity contribution is 0.199. The topological polar surface area (TPSA) is 54.2 Å². The first-order valence-corrected chi connectivity index (χ1v) is 6.91. The SMILES string of the molecule is CCC1(CC)CCN(c2cccc(NN)n2)CC1. The molecule has 1 fully saturated rings. The summed E-state index contributed by atoms with van der Waals surface area (Å²) in [6.45, 7) is 6.83. The number of aromatic nitrogens is 1. The van der Waals surface area contributed by atoms with Gasteiger partial charge in [-0.2, -0.15) is 0 Å². The molecule has 0 atom stereocenters. The van der Waals surface area contributed by atoms with Crippen LogP contribution in [0.3, 0.4) is 0 Å². The largest absolute Gasteiger partial charge is 0.357 e. The van der Waals surface area contributed by atoms with E-state index in [-0.39, 0.29) is 0 Å². The predicted molar refractivity (Wildman–Crippen MR) is 76.5 cm³/mol. The van der Waals surface area contributed by atoms with Crippen LogP contribution in [-0.2, 0) is 0 Å². The van der Waals surface area contributed by atoms with Crippen LogP contribution in [0.15, 0.2) is 18.2 Å². The van der Waals surface area contributed by atoms with Gasteiger partial charge in [-0.25, -0.2) is 10.8 Å². The molecule has 0 unspecified atom stereocenters. The van der Waals surface area contributed by atoms with Crippen molar-refractivity contribution in [1.29, 1.82) is 0 Å². The Balaban J connectivity index is 2.04. The second-order valence-electron chi connectivity index (χ2n) is 5.22. The molecule has 0 aromatic carbocycles. The average Bonchev–Trinajstić information content (AvgIpc) is 2.47. The molecular weight excluding hydrogens is 224 g/mol. The van der Waals surface area contributed by atoms with Gasteiger partial charge in [-0.05, 0) is 30.4 Å². The van der Waals surface area contributed by atoms with E-state index in [2.05, 4.69) is 35.2 Å².